The van der Waals surface area contributed by atoms with Crippen LogP contribution in [0.2, 0.25) is 0 Å². The Morgan fingerprint density at radius 1 is 1.35 bits per heavy atom. The zero-order chi connectivity index (χ0) is 12.1. The minimum atomic E-state index is 0.0267. The molecule has 0 saturated heterocycles. The number of ketones is 1. The number of hydrogen-bond acceptors (Lipinski definition) is 3. The highest BCUT2D eigenvalue weighted by molar-refractivity contribution is 6.08. The topological polar surface area (TPSA) is 42.0 Å². The maximum absolute atomic E-state index is 12.0. The fourth-order valence-electron chi connectivity index (χ4n) is 1.69. The molecule has 0 atom stereocenters. The van der Waals surface area contributed by atoms with Gasteiger partial charge in [0.25, 0.3) is 0 Å². The lowest BCUT2D eigenvalue weighted by Crippen LogP contribution is -2.23. The molecule has 0 radical (unpaired) electrons. The highest BCUT2D eigenvalue weighted by Crippen LogP contribution is 2.16. The number of hydrogen-bond donors (Lipinski definition) is 1. The molecule has 1 N–H and O–H groups in total. The highest BCUT2D eigenvalue weighted by Gasteiger charge is 2.09. The quantitative estimate of drug-likeness (QED) is 0.487. The van der Waals surface area contributed by atoms with Crippen molar-refractivity contribution >= 4 is 16.7 Å². The van der Waals surface area contributed by atoms with E-state index in [9.17, 15) is 4.79 Å². The number of carbonyl (C=O) groups excluding carboxylic acids is 1. The molecule has 1 heterocycles. The molecular weight excluding hydrogens is 212 g/mol. The van der Waals surface area contributed by atoms with Crippen molar-refractivity contribution in [1.82, 2.24) is 10.3 Å². The van der Waals surface area contributed by atoms with Gasteiger partial charge in [0.1, 0.15) is 0 Å². The maximum Gasteiger partial charge on any atom is 0.177 e. The van der Waals surface area contributed by atoms with Gasteiger partial charge in [0.2, 0.25) is 0 Å². The van der Waals surface area contributed by atoms with E-state index < -0.39 is 0 Å². The maximum atomic E-state index is 12.0. The van der Waals surface area contributed by atoms with Crippen LogP contribution in [-0.4, -0.2) is 23.9 Å². The zero-order valence-corrected chi connectivity index (χ0v) is 9.31. The molecule has 0 fully saturated rings. The number of fused-ring (bicyclic) bond motifs is 1. The summed E-state index contributed by atoms with van der Waals surface area (Å²) in [6, 6.07) is 9.26. The average molecular weight is 224 g/mol. The molecule has 0 saturated carbocycles. The summed E-state index contributed by atoms with van der Waals surface area (Å²) in [5.74, 6) is 2.46. The minimum absolute atomic E-state index is 0.0267. The van der Waals surface area contributed by atoms with Gasteiger partial charge in [0.05, 0.1) is 18.6 Å². The van der Waals surface area contributed by atoms with Crippen molar-refractivity contribution in [3.8, 4) is 12.3 Å². The van der Waals surface area contributed by atoms with Crippen LogP contribution in [0.25, 0.3) is 10.9 Å². The van der Waals surface area contributed by atoms with E-state index >= 15 is 0 Å². The van der Waals surface area contributed by atoms with E-state index in [1.165, 1.54) is 0 Å². The number of pyridine rings is 1. The number of nitrogens with zero attached hydrogens (tertiary/aromatic N) is 1. The molecule has 3 heteroatoms. The Labute approximate surface area is 99.9 Å². The Morgan fingerprint density at radius 3 is 3.06 bits per heavy atom. The first-order valence-electron chi connectivity index (χ1n) is 5.34. The number of nitrogens with one attached hydrogen (secondary N) is 1. The summed E-state index contributed by atoms with van der Waals surface area (Å²) in [5, 5.41) is 3.77. The number of rotatable bonds is 4. The Morgan fingerprint density at radius 2 is 2.24 bits per heavy atom. The second-order valence-electron chi connectivity index (χ2n) is 3.61. The predicted octanol–water partition coefficient (Wildman–Crippen LogP) is 1.64. The molecule has 2 rings (SSSR count). The molecule has 0 spiro atoms. The van der Waals surface area contributed by atoms with Crippen LogP contribution in [0.1, 0.15) is 10.4 Å². The summed E-state index contributed by atoms with van der Waals surface area (Å²) in [5.41, 5.74) is 1.51. The molecule has 17 heavy (non-hydrogen) atoms. The molecule has 2 aromatic rings. The van der Waals surface area contributed by atoms with Crippen molar-refractivity contribution < 1.29 is 4.79 Å². The molecule has 84 valence electrons. The van der Waals surface area contributed by atoms with Crippen LogP contribution in [0.15, 0.2) is 36.5 Å². The van der Waals surface area contributed by atoms with E-state index in [4.69, 9.17) is 6.42 Å². The first kappa shape index (κ1) is 11.3. The second kappa shape index (κ2) is 5.24. The lowest BCUT2D eigenvalue weighted by atomic mass is 10.0. The molecule has 1 aromatic carbocycles. The summed E-state index contributed by atoms with van der Waals surface area (Å²) in [6.45, 7) is 0.646. The van der Waals surface area contributed by atoms with Crippen LogP contribution in [0.5, 0.6) is 0 Å². The predicted molar refractivity (Wildman–Crippen MR) is 67.8 cm³/mol. The largest absolute Gasteiger partial charge is 0.299 e. The minimum Gasteiger partial charge on any atom is -0.299 e. The lowest BCUT2D eigenvalue weighted by molar-refractivity contribution is 0.0994. The van der Waals surface area contributed by atoms with E-state index in [1.807, 2.05) is 30.3 Å². The van der Waals surface area contributed by atoms with Crippen LogP contribution >= 0.6 is 0 Å². The van der Waals surface area contributed by atoms with E-state index in [1.54, 1.807) is 6.20 Å². The van der Waals surface area contributed by atoms with Gasteiger partial charge >= 0.3 is 0 Å². The monoisotopic (exact) mass is 224 g/mol. The smallest absolute Gasteiger partial charge is 0.177 e. The van der Waals surface area contributed by atoms with Crippen molar-refractivity contribution in [3.63, 3.8) is 0 Å². The zero-order valence-electron chi connectivity index (χ0n) is 9.31. The molecule has 0 unspecified atom stereocenters. The van der Waals surface area contributed by atoms with Crippen molar-refractivity contribution in [2.75, 3.05) is 13.1 Å². The van der Waals surface area contributed by atoms with Gasteiger partial charge in [-0.2, -0.15) is 0 Å². The van der Waals surface area contributed by atoms with Crippen molar-refractivity contribution in [2.45, 2.75) is 0 Å². The van der Waals surface area contributed by atoms with Gasteiger partial charge in [-0.25, -0.2) is 0 Å². The summed E-state index contributed by atoms with van der Waals surface area (Å²) in [4.78, 5) is 16.2. The van der Waals surface area contributed by atoms with Crippen LogP contribution in [0.3, 0.4) is 0 Å². The molecule has 3 nitrogen and oxygen atoms in total. The molecule has 0 bridgehead atoms. The van der Waals surface area contributed by atoms with Crippen LogP contribution in [-0.2, 0) is 0 Å². The number of benzene rings is 1. The highest BCUT2D eigenvalue weighted by atomic mass is 16.1. The van der Waals surface area contributed by atoms with Gasteiger partial charge in [0.15, 0.2) is 5.78 Å². The number of carbonyl (C=O) groups is 1. The van der Waals surface area contributed by atoms with Gasteiger partial charge in [-0.3, -0.25) is 15.1 Å². The molecule has 0 amide bonds. The standard InChI is InChI=1S/C14H12N2O/c1-2-8-15-10-14(17)12-5-3-7-13-11(12)6-4-9-16-13/h1,3-7,9,15H,8,10H2. The molecular formula is C14H12N2O. The molecule has 0 aliphatic rings. The molecule has 1 aromatic heterocycles. The Bertz CT molecular complexity index is 579. The normalized spacial score (nSPS) is 10.1. The summed E-state index contributed by atoms with van der Waals surface area (Å²) < 4.78 is 0. The summed E-state index contributed by atoms with van der Waals surface area (Å²) in [7, 11) is 0. The first-order valence-corrected chi connectivity index (χ1v) is 5.34. The third-order valence-electron chi connectivity index (χ3n) is 2.46. The second-order valence-corrected chi connectivity index (χ2v) is 3.61. The number of aromatic nitrogens is 1. The molecule has 0 aliphatic carbocycles. The average Bonchev–Trinajstić information content (AvgIpc) is 2.38. The molecule has 0 aliphatic heterocycles. The van der Waals surface area contributed by atoms with Gasteiger partial charge in [-0.1, -0.05) is 24.1 Å². The summed E-state index contributed by atoms with van der Waals surface area (Å²) in [6.07, 6.45) is 6.83. The van der Waals surface area contributed by atoms with Crippen molar-refractivity contribution in [1.29, 1.82) is 0 Å². The Kier molecular flexibility index (Phi) is 3.49. The van der Waals surface area contributed by atoms with E-state index in [0.29, 0.717) is 12.1 Å². The van der Waals surface area contributed by atoms with E-state index in [2.05, 4.69) is 16.2 Å². The third kappa shape index (κ3) is 2.49. The SMILES string of the molecule is C#CCNCC(=O)c1cccc2ncccc12. The summed E-state index contributed by atoms with van der Waals surface area (Å²) >= 11 is 0. The van der Waals surface area contributed by atoms with Crippen LogP contribution in [0, 0.1) is 12.3 Å². The van der Waals surface area contributed by atoms with E-state index in [0.717, 1.165) is 10.9 Å². The van der Waals surface area contributed by atoms with Crippen LogP contribution < -0.4 is 5.32 Å². The van der Waals surface area contributed by atoms with Gasteiger partial charge in [0, 0.05) is 17.1 Å². The number of terminal acetylenes is 1. The Balaban J connectivity index is 2.29. The fraction of sp³-hybridized carbons (Fsp3) is 0.143. The van der Waals surface area contributed by atoms with Gasteiger partial charge < -0.3 is 0 Å². The van der Waals surface area contributed by atoms with Crippen molar-refractivity contribution in [2.24, 2.45) is 0 Å². The van der Waals surface area contributed by atoms with Crippen LogP contribution in [0.4, 0.5) is 0 Å². The lowest BCUT2D eigenvalue weighted by Gasteiger charge is -2.05. The third-order valence-corrected chi connectivity index (χ3v) is 2.46. The number of Topliss-reactive ketones (excluding diaryl/α,β-unsaturated/α-hetero) is 1. The van der Waals surface area contributed by atoms with Gasteiger partial charge in [-0.15, -0.1) is 6.42 Å². The first-order chi connectivity index (χ1) is 8.33. The van der Waals surface area contributed by atoms with E-state index in [-0.39, 0.29) is 12.3 Å². The van der Waals surface area contributed by atoms with Gasteiger partial charge in [-0.05, 0) is 12.1 Å². The van der Waals surface area contributed by atoms with Crippen molar-refractivity contribution in [3.05, 3.63) is 42.1 Å². The fourth-order valence-corrected chi connectivity index (χ4v) is 1.69. The Hall–Kier alpha value is -2.18.